The van der Waals surface area contributed by atoms with E-state index in [4.69, 9.17) is 9.47 Å². The monoisotopic (exact) mass is 348 g/mol. The zero-order valence-electron chi connectivity index (χ0n) is 14.6. The normalized spacial score (nSPS) is 24.7. The van der Waals surface area contributed by atoms with Gasteiger partial charge in [-0.1, -0.05) is 6.42 Å². The van der Waals surface area contributed by atoms with E-state index in [0.29, 0.717) is 37.6 Å². The van der Waals surface area contributed by atoms with Gasteiger partial charge in [0.15, 0.2) is 0 Å². The molecule has 1 aliphatic heterocycles. The number of benzene rings is 1. The SMILES string of the molecule is COc1ccc(CNC(=O)N2C[C@@H]3CCC[C@@]3(C(=O)O)C2)c(OC)c1. The number of carbonyl (C=O) groups is 2. The summed E-state index contributed by atoms with van der Waals surface area (Å²) in [6.07, 6.45) is 2.46. The molecular weight excluding hydrogens is 324 g/mol. The number of likely N-dealkylation sites (tertiary alicyclic amines) is 1. The van der Waals surface area contributed by atoms with Crippen molar-refractivity contribution < 1.29 is 24.2 Å². The smallest absolute Gasteiger partial charge is 0.317 e. The second-order valence-corrected chi connectivity index (χ2v) is 6.77. The predicted molar refractivity (Wildman–Crippen MR) is 90.8 cm³/mol. The summed E-state index contributed by atoms with van der Waals surface area (Å²) in [5.74, 6) is 0.607. The second kappa shape index (κ2) is 6.82. The number of aliphatic carboxylic acids is 1. The molecule has 1 aliphatic carbocycles. The second-order valence-electron chi connectivity index (χ2n) is 6.77. The number of carboxylic acids is 1. The number of methoxy groups -OCH3 is 2. The highest BCUT2D eigenvalue weighted by molar-refractivity contribution is 5.80. The van der Waals surface area contributed by atoms with Crippen LogP contribution in [0.3, 0.4) is 0 Å². The maximum absolute atomic E-state index is 12.5. The van der Waals surface area contributed by atoms with E-state index in [1.165, 1.54) is 0 Å². The zero-order valence-corrected chi connectivity index (χ0v) is 14.6. The summed E-state index contributed by atoms with van der Waals surface area (Å²) in [4.78, 5) is 25.8. The first-order valence-electron chi connectivity index (χ1n) is 8.47. The van der Waals surface area contributed by atoms with Crippen LogP contribution in [0.15, 0.2) is 18.2 Å². The molecule has 0 unspecified atom stereocenters. The van der Waals surface area contributed by atoms with E-state index in [0.717, 1.165) is 18.4 Å². The van der Waals surface area contributed by atoms with Crippen LogP contribution in [0.1, 0.15) is 24.8 Å². The Hall–Kier alpha value is -2.44. The lowest BCUT2D eigenvalue weighted by Crippen LogP contribution is -2.41. The van der Waals surface area contributed by atoms with Crippen molar-refractivity contribution in [3.8, 4) is 11.5 Å². The number of rotatable bonds is 5. The van der Waals surface area contributed by atoms with E-state index < -0.39 is 11.4 Å². The summed E-state index contributed by atoms with van der Waals surface area (Å²) in [6, 6.07) is 5.19. The third-order valence-electron chi connectivity index (χ3n) is 5.51. The van der Waals surface area contributed by atoms with Crippen molar-refractivity contribution in [2.45, 2.75) is 25.8 Å². The van der Waals surface area contributed by atoms with Crippen LogP contribution in [0.4, 0.5) is 4.79 Å². The van der Waals surface area contributed by atoms with E-state index >= 15 is 0 Å². The van der Waals surface area contributed by atoms with E-state index in [9.17, 15) is 14.7 Å². The van der Waals surface area contributed by atoms with Gasteiger partial charge in [0.25, 0.3) is 0 Å². The highest BCUT2D eigenvalue weighted by Gasteiger charge is 2.55. The minimum Gasteiger partial charge on any atom is -0.497 e. The molecule has 1 saturated carbocycles. The average molecular weight is 348 g/mol. The molecule has 7 heteroatoms. The molecule has 3 rings (SSSR count). The van der Waals surface area contributed by atoms with Crippen molar-refractivity contribution in [1.29, 1.82) is 0 Å². The predicted octanol–water partition coefficient (Wildman–Crippen LogP) is 2.10. The highest BCUT2D eigenvalue weighted by Crippen LogP contribution is 2.48. The van der Waals surface area contributed by atoms with Gasteiger partial charge < -0.3 is 24.8 Å². The molecule has 0 radical (unpaired) electrons. The Morgan fingerprint density at radius 2 is 2.16 bits per heavy atom. The van der Waals surface area contributed by atoms with Gasteiger partial charge in [0.05, 0.1) is 19.6 Å². The van der Waals surface area contributed by atoms with Crippen LogP contribution in [0, 0.1) is 11.3 Å². The summed E-state index contributed by atoms with van der Waals surface area (Å²) in [5, 5.41) is 12.5. The van der Waals surface area contributed by atoms with E-state index in [1.807, 2.05) is 12.1 Å². The quantitative estimate of drug-likeness (QED) is 0.851. The largest absolute Gasteiger partial charge is 0.497 e. The van der Waals surface area contributed by atoms with Gasteiger partial charge >= 0.3 is 12.0 Å². The summed E-state index contributed by atoms with van der Waals surface area (Å²) >= 11 is 0. The van der Waals surface area contributed by atoms with Crippen molar-refractivity contribution in [2.24, 2.45) is 11.3 Å². The Morgan fingerprint density at radius 3 is 2.80 bits per heavy atom. The fourth-order valence-corrected chi connectivity index (χ4v) is 4.07. The first-order chi connectivity index (χ1) is 12.0. The average Bonchev–Trinajstić information content (AvgIpc) is 3.18. The van der Waals surface area contributed by atoms with Crippen molar-refractivity contribution in [3.05, 3.63) is 23.8 Å². The van der Waals surface area contributed by atoms with Crippen molar-refractivity contribution in [3.63, 3.8) is 0 Å². The van der Waals surface area contributed by atoms with Crippen LogP contribution >= 0.6 is 0 Å². The summed E-state index contributed by atoms with van der Waals surface area (Å²) in [5.41, 5.74) is 0.0822. The fourth-order valence-electron chi connectivity index (χ4n) is 4.07. The number of carboxylic acid groups (broad SMARTS) is 1. The van der Waals surface area contributed by atoms with Crippen LogP contribution in [0.5, 0.6) is 11.5 Å². The first-order valence-corrected chi connectivity index (χ1v) is 8.47. The molecule has 25 heavy (non-hydrogen) atoms. The molecule has 1 aromatic carbocycles. The number of nitrogens with zero attached hydrogens (tertiary/aromatic N) is 1. The molecule has 2 atom stereocenters. The molecule has 2 amide bonds. The first kappa shape index (κ1) is 17.4. The minimum atomic E-state index is -0.776. The van der Waals surface area contributed by atoms with Crippen LogP contribution in [-0.4, -0.2) is 49.3 Å². The molecule has 2 aliphatic rings. The Labute approximate surface area is 146 Å². The number of nitrogens with one attached hydrogen (secondary N) is 1. The lowest BCUT2D eigenvalue weighted by atomic mass is 9.81. The molecule has 136 valence electrons. The molecule has 1 heterocycles. The highest BCUT2D eigenvalue weighted by atomic mass is 16.5. The third-order valence-corrected chi connectivity index (χ3v) is 5.51. The van der Waals surface area contributed by atoms with Gasteiger partial charge in [0.1, 0.15) is 11.5 Å². The van der Waals surface area contributed by atoms with Gasteiger partial charge in [-0.05, 0) is 30.9 Å². The van der Waals surface area contributed by atoms with Crippen molar-refractivity contribution >= 4 is 12.0 Å². The lowest BCUT2D eigenvalue weighted by Gasteiger charge is -2.23. The van der Waals surface area contributed by atoms with Gasteiger partial charge in [-0.15, -0.1) is 0 Å². The summed E-state index contributed by atoms with van der Waals surface area (Å²) in [7, 11) is 3.15. The molecule has 2 fully saturated rings. The van der Waals surface area contributed by atoms with E-state index in [2.05, 4.69) is 5.32 Å². The van der Waals surface area contributed by atoms with Crippen LogP contribution in [-0.2, 0) is 11.3 Å². The Morgan fingerprint density at radius 1 is 1.36 bits per heavy atom. The number of ether oxygens (including phenoxy) is 2. The van der Waals surface area contributed by atoms with Crippen molar-refractivity contribution in [2.75, 3.05) is 27.3 Å². The Balaban J connectivity index is 1.63. The third kappa shape index (κ3) is 3.10. The molecular formula is C18H24N2O5. The Bertz CT molecular complexity index is 677. The lowest BCUT2D eigenvalue weighted by molar-refractivity contribution is -0.149. The molecule has 2 N–H and O–H groups in total. The summed E-state index contributed by atoms with van der Waals surface area (Å²) in [6.45, 7) is 1.11. The van der Waals surface area contributed by atoms with Crippen molar-refractivity contribution in [1.82, 2.24) is 10.2 Å². The number of fused-ring (bicyclic) bond motifs is 1. The molecule has 0 aromatic heterocycles. The zero-order chi connectivity index (χ0) is 18.0. The van der Waals surface area contributed by atoms with Gasteiger partial charge in [-0.25, -0.2) is 4.79 Å². The van der Waals surface area contributed by atoms with Crippen LogP contribution < -0.4 is 14.8 Å². The number of hydrogen-bond acceptors (Lipinski definition) is 4. The van der Waals surface area contributed by atoms with Gasteiger partial charge in [-0.2, -0.15) is 0 Å². The standard InChI is InChI=1S/C18H24N2O5/c1-24-14-6-5-12(15(8-14)25-2)9-19-17(23)20-10-13-4-3-7-18(13,11-20)16(21)22/h5-6,8,13H,3-4,7,9-11H2,1-2H3,(H,19,23)(H,21,22)/t13-,18+/m0/s1. The van der Waals surface area contributed by atoms with E-state index in [-0.39, 0.29) is 11.9 Å². The van der Waals surface area contributed by atoms with Crippen LogP contribution in [0.25, 0.3) is 0 Å². The molecule has 0 bridgehead atoms. The molecule has 7 nitrogen and oxygen atoms in total. The molecule has 1 aromatic rings. The summed E-state index contributed by atoms with van der Waals surface area (Å²) < 4.78 is 10.5. The van der Waals surface area contributed by atoms with Gasteiger partial charge in [-0.3, -0.25) is 4.79 Å². The number of hydrogen-bond donors (Lipinski definition) is 2. The maximum atomic E-state index is 12.5. The van der Waals surface area contributed by atoms with Gasteiger partial charge in [0.2, 0.25) is 0 Å². The van der Waals surface area contributed by atoms with Gasteiger partial charge in [0, 0.05) is 31.3 Å². The number of urea groups is 1. The molecule has 1 saturated heterocycles. The maximum Gasteiger partial charge on any atom is 0.317 e. The number of carbonyl (C=O) groups excluding carboxylic acids is 1. The Kier molecular flexibility index (Phi) is 4.74. The molecule has 0 spiro atoms. The van der Waals surface area contributed by atoms with E-state index in [1.54, 1.807) is 25.2 Å². The fraction of sp³-hybridized carbons (Fsp3) is 0.556. The van der Waals surface area contributed by atoms with Crippen LogP contribution in [0.2, 0.25) is 0 Å². The minimum absolute atomic E-state index is 0.0614. The topological polar surface area (TPSA) is 88.1 Å². The number of amides is 2.